The second kappa shape index (κ2) is 8.48. The number of hydrogen-bond donors (Lipinski definition) is 0. The summed E-state index contributed by atoms with van der Waals surface area (Å²) in [5, 5.41) is 13.0. The zero-order valence-corrected chi connectivity index (χ0v) is 16.8. The second-order valence-electron chi connectivity index (χ2n) is 5.56. The van der Waals surface area contributed by atoms with E-state index in [1.54, 1.807) is 18.2 Å². The molecule has 0 fully saturated rings. The molecule has 0 saturated heterocycles. The van der Waals surface area contributed by atoms with Gasteiger partial charge in [-0.05, 0) is 29.8 Å². The normalized spacial score (nSPS) is 13.6. The molecule has 6 nitrogen and oxygen atoms in total. The lowest BCUT2D eigenvalue weighted by molar-refractivity contribution is -0.385. The summed E-state index contributed by atoms with van der Waals surface area (Å²) < 4.78 is 0. The number of thioether (sulfide) groups is 1. The van der Waals surface area contributed by atoms with Crippen molar-refractivity contribution in [2.24, 2.45) is 4.99 Å². The SMILES string of the molecule is O=C(c1cc(Cl)ccc1[N+](=O)[O-])N1CCN=C1SCc1ccc(Cl)cc1Cl. The third-order valence-corrected chi connectivity index (χ3v) is 5.69. The number of benzene rings is 2. The molecule has 1 heterocycles. The number of carbonyl (C=O) groups excluding carboxylic acids is 1. The summed E-state index contributed by atoms with van der Waals surface area (Å²) in [7, 11) is 0. The van der Waals surface area contributed by atoms with Crippen LogP contribution in [0.15, 0.2) is 41.4 Å². The molecule has 0 saturated carbocycles. The Kier molecular flexibility index (Phi) is 6.26. The van der Waals surface area contributed by atoms with Crippen molar-refractivity contribution in [2.75, 3.05) is 13.1 Å². The summed E-state index contributed by atoms with van der Waals surface area (Å²) in [6.45, 7) is 0.774. The molecule has 1 aliphatic rings. The second-order valence-corrected chi connectivity index (χ2v) is 7.79. The van der Waals surface area contributed by atoms with Crippen molar-refractivity contribution in [3.63, 3.8) is 0 Å². The summed E-state index contributed by atoms with van der Waals surface area (Å²) in [6.07, 6.45) is 0. The summed E-state index contributed by atoms with van der Waals surface area (Å²) >= 11 is 19.3. The van der Waals surface area contributed by atoms with Crippen molar-refractivity contribution >= 4 is 63.3 Å². The molecule has 1 amide bonds. The predicted octanol–water partition coefficient (Wildman–Crippen LogP) is 5.30. The van der Waals surface area contributed by atoms with Gasteiger partial charge in [0.1, 0.15) is 5.56 Å². The van der Waals surface area contributed by atoms with Crippen LogP contribution in [0.3, 0.4) is 0 Å². The average Bonchev–Trinajstić information content (AvgIpc) is 3.08. The van der Waals surface area contributed by atoms with Crippen LogP contribution in [0.1, 0.15) is 15.9 Å². The van der Waals surface area contributed by atoms with E-state index in [4.69, 9.17) is 34.8 Å². The maximum absolute atomic E-state index is 12.9. The van der Waals surface area contributed by atoms with Crippen LogP contribution in [0.4, 0.5) is 5.69 Å². The molecule has 0 radical (unpaired) electrons. The predicted molar refractivity (Wildman–Crippen MR) is 109 cm³/mol. The van der Waals surface area contributed by atoms with E-state index in [0.29, 0.717) is 34.1 Å². The number of nitro benzene ring substituents is 1. The molecule has 2 aromatic rings. The molecule has 1 aliphatic heterocycles. The lowest BCUT2D eigenvalue weighted by Gasteiger charge is -2.18. The first kappa shape index (κ1) is 19.9. The van der Waals surface area contributed by atoms with Crippen LogP contribution >= 0.6 is 46.6 Å². The molecular formula is C17H12Cl3N3O3S. The maximum atomic E-state index is 12.9. The van der Waals surface area contributed by atoms with Crippen molar-refractivity contribution in [3.8, 4) is 0 Å². The molecule has 0 bridgehead atoms. The minimum Gasteiger partial charge on any atom is -0.285 e. The maximum Gasteiger partial charge on any atom is 0.282 e. The number of aliphatic imine (C=N–C) groups is 1. The molecule has 0 spiro atoms. The van der Waals surface area contributed by atoms with Crippen LogP contribution in [0.5, 0.6) is 0 Å². The van der Waals surface area contributed by atoms with Crippen molar-refractivity contribution in [1.29, 1.82) is 0 Å². The third-order valence-electron chi connectivity index (χ3n) is 3.80. The monoisotopic (exact) mass is 443 g/mol. The highest BCUT2D eigenvalue weighted by Crippen LogP contribution is 2.29. The fourth-order valence-corrected chi connectivity index (χ4v) is 4.28. The average molecular weight is 445 g/mol. The molecule has 3 rings (SSSR count). The van der Waals surface area contributed by atoms with E-state index in [2.05, 4.69) is 4.99 Å². The van der Waals surface area contributed by atoms with Crippen LogP contribution in [-0.4, -0.2) is 34.0 Å². The van der Waals surface area contributed by atoms with Gasteiger partial charge in [-0.2, -0.15) is 0 Å². The fraction of sp³-hybridized carbons (Fsp3) is 0.176. The first-order valence-electron chi connectivity index (χ1n) is 7.74. The largest absolute Gasteiger partial charge is 0.285 e. The van der Waals surface area contributed by atoms with E-state index in [0.717, 1.165) is 5.56 Å². The Morgan fingerprint density at radius 1 is 1.19 bits per heavy atom. The molecule has 0 unspecified atom stereocenters. The number of halogens is 3. The van der Waals surface area contributed by atoms with E-state index < -0.39 is 10.8 Å². The van der Waals surface area contributed by atoms with Crippen molar-refractivity contribution < 1.29 is 9.72 Å². The molecule has 0 N–H and O–H groups in total. The smallest absolute Gasteiger partial charge is 0.282 e. The van der Waals surface area contributed by atoms with E-state index in [1.807, 2.05) is 0 Å². The Labute approximate surface area is 174 Å². The van der Waals surface area contributed by atoms with Crippen molar-refractivity contribution in [2.45, 2.75) is 5.75 Å². The summed E-state index contributed by atoms with van der Waals surface area (Å²) in [5.41, 5.74) is 0.496. The van der Waals surface area contributed by atoms with Crippen LogP contribution in [0.25, 0.3) is 0 Å². The number of hydrogen-bond acceptors (Lipinski definition) is 5. The van der Waals surface area contributed by atoms with Gasteiger partial charge in [0.15, 0.2) is 5.17 Å². The highest BCUT2D eigenvalue weighted by atomic mass is 35.5. The first-order chi connectivity index (χ1) is 12.9. The number of nitro groups is 1. The number of amidine groups is 1. The zero-order valence-electron chi connectivity index (χ0n) is 13.7. The van der Waals surface area contributed by atoms with Gasteiger partial charge in [0.25, 0.3) is 11.6 Å². The van der Waals surface area contributed by atoms with Gasteiger partial charge in [-0.3, -0.25) is 24.8 Å². The van der Waals surface area contributed by atoms with Gasteiger partial charge in [-0.15, -0.1) is 0 Å². The Bertz CT molecular complexity index is 952. The zero-order chi connectivity index (χ0) is 19.6. The van der Waals surface area contributed by atoms with Crippen LogP contribution < -0.4 is 0 Å². The molecule has 0 atom stereocenters. The first-order valence-corrected chi connectivity index (χ1v) is 9.86. The van der Waals surface area contributed by atoms with Gasteiger partial charge in [-0.25, -0.2) is 0 Å². The Morgan fingerprint density at radius 2 is 1.89 bits per heavy atom. The fourth-order valence-electron chi connectivity index (χ4n) is 2.50. The lowest BCUT2D eigenvalue weighted by atomic mass is 10.1. The van der Waals surface area contributed by atoms with Crippen LogP contribution in [0, 0.1) is 10.1 Å². The van der Waals surface area contributed by atoms with E-state index in [1.165, 1.54) is 34.9 Å². The molecule has 0 aliphatic carbocycles. The molecule has 140 valence electrons. The molecule has 10 heteroatoms. The molecular weight excluding hydrogens is 433 g/mol. The van der Waals surface area contributed by atoms with Gasteiger partial charge in [-0.1, -0.05) is 52.6 Å². The van der Waals surface area contributed by atoms with Gasteiger partial charge < -0.3 is 0 Å². The summed E-state index contributed by atoms with van der Waals surface area (Å²) in [6, 6.07) is 9.10. The van der Waals surface area contributed by atoms with E-state index in [-0.39, 0.29) is 16.3 Å². The third kappa shape index (κ3) is 4.55. The number of nitrogens with zero attached hydrogens (tertiary/aromatic N) is 3. The summed E-state index contributed by atoms with van der Waals surface area (Å²) in [4.78, 5) is 29.3. The number of carbonyl (C=O) groups is 1. The van der Waals surface area contributed by atoms with Crippen LogP contribution in [0.2, 0.25) is 15.1 Å². The molecule has 2 aromatic carbocycles. The van der Waals surface area contributed by atoms with Gasteiger partial charge in [0.2, 0.25) is 0 Å². The highest BCUT2D eigenvalue weighted by Gasteiger charge is 2.30. The quantitative estimate of drug-likeness (QED) is 0.473. The summed E-state index contributed by atoms with van der Waals surface area (Å²) in [5.74, 6) is -0.0221. The highest BCUT2D eigenvalue weighted by molar-refractivity contribution is 8.13. The Balaban J connectivity index is 1.79. The van der Waals surface area contributed by atoms with Crippen molar-refractivity contribution in [1.82, 2.24) is 4.90 Å². The topological polar surface area (TPSA) is 75.8 Å². The molecule has 0 aromatic heterocycles. The van der Waals surface area contributed by atoms with Gasteiger partial charge >= 0.3 is 0 Å². The lowest BCUT2D eigenvalue weighted by Crippen LogP contribution is -2.33. The van der Waals surface area contributed by atoms with E-state index >= 15 is 0 Å². The van der Waals surface area contributed by atoms with Crippen LogP contribution in [-0.2, 0) is 5.75 Å². The van der Waals surface area contributed by atoms with Crippen molar-refractivity contribution in [3.05, 3.63) is 72.7 Å². The Hall–Kier alpha value is -1.80. The standard InChI is InChI=1S/C17H12Cl3N3O3S/c18-11-3-4-15(23(25)26)13(7-11)16(24)22-6-5-21-17(22)27-9-10-1-2-12(19)8-14(10)20/h1-4,7-8H,5-6,9H2. The minimum absolute atomic E-state index is 0.0628. The number of amides is 1. The number of rotatable bonds is 4. The van der Waals surface area contributed by atoms with Gasteiger partial charge in [0.05, 0.1) is 11.5 Å². The Morgan fingerprint density at radius 3 is 2.59 bits per heavy atom. The minimum atomic E-state index is -0.600. The van der Waals surface area contributed by atoms with E-state index in [9.17, 15) is 14.9 Å². The molecule has 27 heavy (non-hydrogen) atoms. The van der Waals surface area contributed by atoms with Gasteiger partial charge in [0, 0.05) is 33.4 Å².